The van der Waals surface area contributed by atoms with Gasteiger partial charge in [0.2, 0.25) is 0 Å². The monoisotopic (exact) mass is 295 g/mol. The molecule has 114 valence electrons. The highest BCUT2D eigenvalue weighted by molar-refractivity contribution is 6.17. The van der Waals surface area contributed by atoms with Gasteiger partial charge in [0.15, 0.2) is 0 Å². The maximum atomic E-state index is 5.64. The predicted octanol–water partition coefficient (Wildman–Crippen LogP) is 3.05. The topological polar surface area (TPSA) is 29.8 Å². The van der Waals surface area contributed by atoms with E-state index in [-0.39, 0.29) is 0 Å². The number of para-hydroxylation sites is 1. The number of benzene rings is 1. The first-order chi connectivity index (χ1) is 10.9. The van der Waals surface area contributed by atoms with Gasteiger partial charge in [0, 0.05) is 18.3 Å². The Hall–Kier alpha value is -2.07. The van der Waals surface area contributed by atoms with Crippen LogP contribution in [0.1, 0.15) is 30.5 Å². The summed E-state index contributed by atoms with van der Waals surface area (Å²) in [5, 5.41) is 4.43. The van der Waals surface area contributed by atoms with Crippen molar-refractivity contribution >= 4 is 5.71 Å². The predicted molar refractivity (Wildman–Crippen MR) is 87.7 cm³/mol. The summed E-state index contributed by atoms with van der Waals surface area (Å²) in [6.45, 7) is 4.03. The smallest absolute Gasteiger partial charge is 0.136 e. The molecule has 2 aliphatic rings. The van der Waals surface area contributed by atoms with Gasteiger partial charge in [0.05, 0.1) is 11.4 Å². The van der Waals surface area contributed by atoms with Crippen LogP contribution in [0.25, 0.3) is 5.69 Å². The summed E-state index contributed by atoms with van der Waals surface area (Å²) in [4.78, 5) is 8.10. The first-order valence-electron chi connectivity index (χ1n) is 8.13. The Morgan fingerprint density at radius 1 is 1.00 bits per heavy atom. The number of hydrogen-bond acceptors (Lipinski definition) is 3. The zero-order valence-electron chi connectivity index (χ0n) is 12.7. The molecule has 0 bridgehead atoms. The van der Waals surface area contributed by atoms with Gasteiger partial charge in [-0.25, -0.2) is 0 Å². The molecule has 0 spiro atoms. The van der Waals surface area contributed by atoms with Crippen molar-refractivity contribution in [3.05, 3.63) is 53.9 Å². The van der Waals surface area contributed by atoms with Crippen LogP contribution in [0.2, 0.25) is 0 Å². The molecule has 2 aromatic rings. The Labute approximate surface area is 131 Å². The van der Waals surface area contributed by atoms with Crippen molar-refractivity contribution in [1.82, 2.24) is 9.47 Å². The molecule has 0 aliphatic carbocycles. The second-order valence-corrected chi connectivity index (χ2v) is 5.96. The van der Waals surface area contributed by atoms with E-state index in [0.717, 1.165) is 23.5 Å². The summed E-state index contributed by atoms with van der Waals surface area (Å²) in [7, 11) is 0. The molecule has 4 rings (SSSR count). The highest BCUT2D eigenvalue weighted by Gasteiger charge is 2.24. The zero-order chi connectivity index (χ0) is 14.8. The third kappa shape index (κ3) is 2.44. The second-order valence-electron chi connectivity index (χ2n) is 5.96. The molecule has 0 saturated carbocycles. The van der Waals surface area contributed by atoms with E-state index in [1.165, 1.54) is 38.0 Å². The molecule has 1 aromatic carbocycles. The van der Waals surface area contributed by atoms with Crippen molar-refractivity contribution in [3.63, 3.8) is 0 Å². The van der Waals surface area contributed by atoms with Crippen molar-refractivity contribution in [2.45, 2.75) is 19.3 Å². The van der Waals surface area contributed by atoms with Crippen molar-refractivity contribution in [2.75, 3.05) is 26.2 Å². The first-order valence-corrected chi connectivity index (χ1v) is 8.13. The number of likely N-dealkylation sites (tertiary alicyclic amines) is 1. The van der Waals surface area contributed by atoms with Gasteiger partial charge < -0.3 is 9.40 Å². The average molecular weight is 295 g/mol. The van der Waals surface area contributed by atoms with Crippen LogP contribution in [0.3, 0.4) is 0 Å². The van der Waals surface area contributed by atoms with Crippen molar-refractivity contribution < 1.29 is 4.84 Å². The molecule has 0 amide bonds. The first kappa shape index (κ1) is 13.6. The normalized spacial score (nSPS) is 19.2. The van der Waals surface area contributed by atoms with E-state index >= 15 is 0 Å². The molecule has 1 saturated heterocycles. The van der Waals surface area contributed by atoms with E-state index < -0.39 is 0 Å². The van der Waals surface area contributed by atoms with Crippen LogP contribution in [-0.4, -0.2) is 41.4 Å². The van der Waals surface area contributed by atoms with E-state index in [9.17, 15) is 0 Å². The maximum absolute atomic E-state index is 5.64. The largest absolute Gasteiger partial charge is 0.394 e. The van der Waals surface area contributed by atoms with Gasteiger partial charge in [-0.15, -0.1) is 0 Å². The molecule has 3 heterocycles. The SMILES string of the molecule is c1ccc2c(c1)C(=NOCCN1CCCCC1)c1cccn1-2. The highest BCUT2D eigenvalue weighted by Crippen LogP contribution is 2.28. The van der Waals surface area contributed by atoms with Crippen molar-refractivity contribution in [1.29, 1.82) is 0 Å². The zero-order valence-corrected chi connectivity index (χ0v) is 12.7. The average Bonchev–Trinajstić information content (AvgIpc) is 3.15. The third-order valence-electron chi connectivity index (χ3n) is 4.51. The molecule has 0 radical (unpaired) electrons. The summed E-state index contributed by atoms with van der Waals surface area (Å²) in [6, 6.07) is 12.5. The van der Waals surface area contributed by atoms with E-state index in [2.05, 4.69) is 57.2 Å². The van der Waals surface area contributed by atoms with E-state index in [1.807, 2.05) is 0 Å². The number of oxime groups is 1. The van der Waals surface area contributed by atoms with Crippen LogP contribution in [0, 0.1) is 0 Å². The molecule has 1 fully saturated rings. The molecule has 22 heavy (non-hydrogen) atoms. The van der Waals surface area contributed by atoms with Crippen LogP contribution in [0.4, 0.5) is 0 Å². The molecule has 1 aromatic heterocycles. The molecule has 4 heteroatoms. The summed E-state index contributed by atoms with van der Waals surface area (Å²) in [6.07, 6.45) is 6.07. The Kier molecular flexibility index (Phi) is 3.69. The van der Waals surface area contributed by atoms with Crippen LogP contribution in [0.5, 0.6) is 0 Å². The summed E-state index contributed by atoms with van der Waals surface area (Å²) in [5.41, 5.74) is 4.38. The van der Waals surface area contributed by atoms with Crippen LogP contribution >= 0.6 is 0 Å². The van der Waals surface area contributed by atoms with Crippen LogP contribution in [-0.2, 0) is 4.84 Å². The van der Waals surface area contributed by atoms with Gasteiger partial charge in [-0.1, -0.05) is 29.8 Å². The molecular formula is C18H21N3O. The Bertz CT molecular complexity index is 683. The van der Waals surface area contributed by atoms with Gasteiger partial charge >= 0.3 is 0 Å². The summed E-state index contributed by atoms with van der Waals surface area (Å²) in [5.74, 6) is 0. The minimum absolute atomic E-state index is 0.659. The Morgan fingerprint density at radius 3 is 2.77 bits per heavy atom. The number of nitrogens with zero attached hydrogens (tertiary/aromatic N) is 3. The van der Waals surface area contributed by atoms with Gasteiger partial charge in [-0.05, 0) is 44.1 Å². The molecule has 0 atom stereocenters. The minimum atomic E-state index is 0.659. The molecule has 4 nitrogen and oxygen atoms in total. The van der Waals surface area contributed by atoms with Gasteiger partial charge in [0.25, 0.3) is 0 Å². The van der Waals surface area contributed by atoms with E-state index in [0.29, 0.717) is 6.61 Å². The fourth-order valence-corrected chi connectivity index (χ4v) is 3.36. The van der Waals surface area contributed by atoms with Crippen molar-refractivity contribution in [2.24, 2.45) is 5.16 Å². The van der Waals surface area contributed by atoms with E-state index in [4.69, 9.17) is 4.84 Å². The number of hydrogen-bond donors (Lipinski definition) is 0. The number of fused-ring (bicyclic) bond motifs is 3. The highest BCUT2D eigenvalue weighted by atomic mass is 16.6. The third-order valence-corrected chi connectivity index (χ3v) is 4.51. The molecular weight excluding hydrogens is 274 g/mol. The lowest BCUT2D eigenvalue weighted by Crippen LogP contribution is -2.32. The summed E-state index contributed by atoms with van der Waals surface area (Å²) < 4.78 is 2.17. The van der Waals surface area contributed by atoms with Crippen LogP contribution < -0.4 is 0 Å². The standard InChI is InChI=1S/C18H21N3O/c1-4-10-20(11-5-1)13-14-22-19-18-15-7-2-3-8-16(15)21-12-6-9-17(18)21/h2-3,6-9,12H,1,4-5,10-11,13-14H2. The molecule has 0 unspecified atom stereocenters. The lowest BCUT2D eigenvalue weighted by Gasteiger charge is -2.25. The number of piperidine rings is 1. The van der Waals surface area contributed by atoms with Crippen molar-refractivity contribution in [3.8, 4) is 5.69 Å². The lowest BCUT2D eigenvalue weighted by molar-refractivity contribution is 0.103. The Balaban J connectivity index is 1.46. The second kappa shape index (κ2) is 5.97. The number of rotatable bonds is 4. The Morgan fingerprint density at radius 2 is 1.86 bits per heavy atom. The molecule has 0 N–H and O–H groups in total. The van der Waals surface area contributed by atoms with Gasteiger partial charge in [0.1, 0.15) is 12.3 Å². The number of aromatic nitrogens is 1. The van der Waals surface area contributed by atoms with Crippen LogP contribution in [0.15, 0.2) is 47.8 Å². The molecule has 2 aliphatic heterocycles. The lowest BCUT2D eigenvalue weighted by atomic mass is 10.1. The summed E-state index contributed by atoms with van der Waals surface area (Å²) >= 11 is 0. The van der Waals surface area contributed by atoms with Gasteiger partial charge in [-0.2, -0.15) is 0 Å². The minimum Gasteiger partial charge on any atom is -0.394 e. The maximum Gasteiger partial charge on any atom is 0.136 e. The quantitative estimate of drug-likeness (QED) is 0.547. The fraction of sp³-hybridized carbons (Fsp3) is 0.389. The van der Waals surface area contributed by atoms with Gasteiger partial charge in [-0.3, -0.25) is 4.90 Å². The van der Waals surface area contributed by atoms with E-state index in [1.54, 1.807) is 0 Å². The fourth-order valence-electron chi connectivity index (χ4n) is 3.36.